The number of hydrogen-bond donors (Lipinski definition) is 1. The van der Waals surface area contributed by atoms with E-state index in [0.717, 1.165) is 11.7 Å². The lowest BCUT2D eigenvalue weighted by Gasteiger charge is -2.24. The molecule has 0 N–H and O–H groups in total. The summed E-state index contributed by atoms with van der Waals surface area (Å²) in [6.07, 6.45) is 8.71. The van der Waals surface area contributed by atoms with Gasteiger partial charge in [-0.3, -0.25) is 0 Å². The fourth-order valence-electron chi connectivity index (χ4n) is 1.33. The minimum atomic E-state index is 1.08. The van der Waals surface area contributed by atoms with Crippen molar-refractivity contribution in [3.63, 3.8) is 0 Å². The van der Waals surface area contributed by atoms with Gasteiger partial charge in [0.15, 0.2) is 0 Å². The van der Waals surface area contributed by atoms with Crippen molar-refractivity contribution in [3.8, 4) is 0 Å². The molecule has 9 heavy (non-hydrogen) atoms. The zero-order chi connectivity index (χ0) is 6.53. The molecule has 1 rings (SSSR count). The van der Waals surface area contributed by atoms with Crippen LogP contribution in [0, 0.1) is 5.92 Å². The van der Waals surface area contributed by atoms with Crippen molar-refractivity contribution >= 4 is 12.6 Å². The van der Waals surface area contributed by atoms with Gasteiger partial charge >= 0.3 is 0 Å². The van der Waals surface area contributed by atoms with Crippen LogP contribution in [0.25, 0.3) is 0 Å². The summed E-state index contributed by atoms with van der Waals surface area (Å²) in [5, 5.41) is 0. The Morgan fingerprint density at radius 1 is 1.22 bits per heavy atom. The molecule has 0 aliphatic heterocycles. The van der Waals surface area contributed by atoms with Gasteiger partial charge in [-0.2, -0.15) is 12.6 Å². The molecular weight excluding hydrogens is 128 g/mol. The van der Waals surface area contributed by atoms with Crippen molar-refractivity contribution in [1.82, 2.24) is 0 Å². The molecule has 0 heterocycles. The maximum Gasteiger partial charge on any atom is -0.00979 e. The van der Waals surface area contributed by atoms with E-state index in [9.17, 15) is 0 Å². The number of unbranched alkanes of at least 4 members (excludes halogenated alkanes) is 1. The van der Waals surface area contributed by atoms with Crippen LogP contribution in [0.5, 0.6) is 0 Å². The molecule has 0 aromatic heterocycles. The number of thiol groups is 1. The van der Waals surface area contributed by atoms with E-state index in [1.807, 2.05) is 0 Å². The molecule has 0 nitrogen and oxygen atoms in total. The Morgan fingerprint density at radius 3 is 2.44 bits per heavy atom. The zero-order valence-electron chi connectivity index (χ0n) is 5.97. The first-order chi connectivity index (χ1) is 4.43. The molecule has 0 unspecified atom stereocenters. The third-order valence-electron chi connectivity index (χ3n) is 2.25. The highest BCUT2D eigenvalue weighted by molar-refractivity contribution is 7.80. The van der Waals surface area contributed by atoms with Gasteiger partial charge in [0.2, 0.25) is 0 Å². The average Bonchev–Trinajstić information content (AvgIpc) is 1.76. The normalized spacial score (nSPS) is 19.7. The molecular formula is C8H16S. The second-order valence-corrected chi connectivity index (χ2v) is 3.46. The minimum absolute atomic E-state index is 1.08. The molecule has 0 aromatic rings. The van der Waals surface area contributed by atoms with Crippen LogP contribution < -0.4 is 0 Å². The lowest BCUT2D eigenvalue weighted by Crippen LogP contribution is -2.10. The summed E-state index contributed by atoms with van der Waals surface area (Å²) >= 11 is 4.17. The maximum absolute atomic E-state index is 4.17. The van der Waals surface area contributed by atoms with Crippen molar-refractivity contribution in [2.45, 2.75) is 38.5 Å². The molecule has 1 heteroatoms. The summed E-state index contributed by atoms with van der Waals surface area (Å²) in [6.45, 7) is 0. The minimum Gasteiger partial charge on any atom is -0.179 e. The summed E-state index contributed by atoms with van der Waals surface area (Å²) in [4.78, 5) is 0. The van der Waals surface area contributed by atoms with Crippen LogP contribution in [0.2, 0.25) is 0 Å². The van der Waals surface area contributed by atoms with Crippen molar-refractivity contribution in [2.24, 2.45) is 5.92 Å². The Labute approximate surface area is 63.4 Å². The van der Waals surface area contributed by atoms with Crippen LogP contribution >= 0.6 is 12.6 Å². The summed E-state index contributed by atoms with van der Waals surface area (Å²) in [5.41, 5.74) is 0. The molecule has 0 aromatic carbocycles. The van der Waals surface area contributed by atoms with Gasteiger partial charge in [0, 0.05) is 0 Å². The topological polar surface area (TPSA) is 0 Å². The highest BCUT2D eigenvalue weighted by Crippen LogP contribution is 2.30. The van der Waals surface area contributed by atoms with E-state index in [-0.39, 0.29) is 0 Å². The molecule has 0 amide bonds. The predicted octanol–water partition coefficient (Wildman–Crippen LogP) is 2.89. The van der Waals surface area contributed by atoms with E-state index in [2.05, 4.69) is 12.6 Å². The van der Waals surface area contributed by atoms with Gasteiger partial charge < -0.3 is 0 Å². The van der Waals surface area contributed by atoms with Crippen LogP contribution in [0.4, 0.5) is 0 Å². The van der Waals surface area contributed by atoms with Crippen molar-refractivity contribution < 1.29 is 0 Å². The standard InChI is InChI=1S/C8H16S/c9-7-2-1-4-8-5-3-6-8/h8-9H,1-7H2. The molecule has 1 saturated carbocycles. The van der Waals surface area contributed by atoms with Crippen LogP contribution in [0.3, 0.4) is 0 Å². The van der Waals surface area contributed by atoms with E-state index < -0.39 is 0 Å². The molecule has 0 radical (unpaired) electrons. The Bertz CT molecular complexity index is 67.0. The summed E-state index contributed by atoms with van der Waals surface area (Å²) in [6, 6.07) is 0. The van der Waals surface area contributed by atoms with E-state index in [4.69, 9.17) is 0 Å². The van der Waals surface area contributed by atoms with Gasteiger partial charge in [-0.1, -0.05) is 32.1 Å². The summed E-state index contributed by atoms with van der Waals surface area (Å²) in [5.74, 6) is 2.18. The quantitative estimate of drug-likeness (QED) is 0.455. The first kappa shape index (κ1) is 7.46. The van der Waals surface area contributed by atoms with Gasteiger partial charge in [-0.15, -0.1) is 0 Å². The monoisotopic (exact) mass is 144 g/mol. The molecule has 0 atom stereocenters. The lowest BCUT2D eigenvalue weighted by atomic mass is 9.82. The van der Waals surface area contributed by atoms with E-state index in [1.54, 1.807) is 0 Å². The van der Waals surface area contributed by atoms with Crippen LogP contribution in [0.15, 0.2) is 0 Å². The Morgan fingerprint density at radius 2 is 2.00 bits per heavy atom. The Hall–Kier alpha value is 0.350. The second kappa shape index (κ2) is 4.21. The second-order valence-electron chi connectivity index (χ2n) is 3.02. The van der Waals surface area contributed by atoms with Crippen molar-refractivity contribution in [2.75, 3.05) is 5.75 Å². The third kappa shape index (κ3) is 2.61. The smallest absolute Gasteiger partial charge is 0.00979 e. The molecule has 0 spiro atoms. The largest absolute Gasteiger partial charge is 0.179 e. The highest BCUT2D eigenvalue weighted by atomic mass is 32.1. The fourth-order valence-corrected chi connectivity index (χ4v) is 1.55. The maximum atomic E-state index is 4.17. The summed E-state index contributed by atoms with van der Waals surface area (Å²) < 4.78 is 0. The van der Waals surface area contributed by atoms with Gasteiger partial charge in [0.1, 0.15) is 0 Å². The first-order valence-corrected chi connectivity index (χ1v) is 4.67. The van der Waals surface area contributed by atoms with Gasteiger partial charge in [-0.25, -0.2) is 0 Å². The first-order valence-electron chi connectivity index (χ1n) is 4.04. The highest BCUT2D eigenvalue weighted by Gasteiger charge is 2.15. The molecule has 54 valence electrons. The average molecular weight is 144 g/mol. The van der Waals surface area contributed by atoms with E-state index >= 15 is 0 Å². The molecule has 1 fully saturated rings. The fraction of sp³-hybridized carbons (Fsp3) is 1.00. The molecule has 0 saturated heterocycles. The van der Waals surface area contributed by atoms with E-state index in [0.29, 0.717) is 0 Å². The van der Waals surface area contributed by atoms with Crippen LogP contribution in [-0.2, 0) is 0 Å². The van der Waals surface area contributed by atoms with Gasteiger partial charge in [0.25, 0.3) is 0 Å². The summed E-state index contributed by atoms with van der Waals surface area (Å²) in [7, 11) is 0. The molecule has 0 bridgehead atoms. The van der Waals surface area contributed by atoms with Crippen LogP contribution in [0.1, 0.15) is 38.5 Å². The molecule has 1 aliphatic rings. The van der Waals surface area contributed by atoms with E-state index in [1.165, 1.54) is 38.5 Å². The van der Waals surface area contributed by atoms with Gasteiger partial charge in [-0.05, 0) is 18.1 Å². The van der Waals surface area contributed by atoms with Crippen LogP contribution in [-0.4, -0.2) is 5.75 Å². The predicted molar refractivity (Wildman–Crippen MR) is 45.0 cm³/mol. The Kier molecular flexibility index (Phi) is 3.49. The SMILES string of the molecule is SCCCCC1CCC1. The molecule has 1 aliphatic carbocycles. The third-order valence-corrected chi connectivity index (χ3v) is 2.56. The van der Waals surface area contributed by atoms with Crippen molar-refractivity contribution in [3.05, 3.63) is 0 Å². The Balaban J connectivity index is 1.80. The number of hydrogen-bond acceptors (Lipinski definition) is 1. The van der Waals surface area contributed by atoms with Gasteiger partial charge in [0.05, 0.1) is 0 Å². The zero-order valence-corrected chi connectivity index (χ0v) is 6.87. The van der Waals surface area contributed by atoms with Crippen molar-refractivity contribution in [1.29, 1.82) is 0 Å². The lowest BCUT2D eigenvalue weighted by molar-refractivity contribution is 0.289. The number of rotatable bonds is 4.